The van der Waals surface area contributed by atoms with Crippen molar-refractivity contribution in [2.24, 2.45) is 0 Å². The van der Waals surface area contributed by atoms with E-state index < -0.39 is 5.97 Å². The van der Waals surface area contributed by atoms with Crippen molar-refractivity contribution in [3.63, 3.8) is 0 Å². The molecule has 0 unspecified atom stereocenters. The topological polar surface area (TPSA) is 75.7 Å². The summed E-state index contributed by atoms with van der Waals surface area (Å²) < 4.78 is 5.16. The highest BCUT2D eigenvalue weighted by Gasteiger charge is 2.29. The second-order valence-corrected chi connectivity index (χ2v) is 7.15. The third-order valence-corrected chi connectivity index (χ3v) is 5.08. The molecule has 0 fully saturated rings. The number of anilines is 2. The van der Waals surface area contributed by atoms with E-state index in [-0.39, 0.29) is 37.3 Å². The maximum absolute atomic E-state index is 12.7. The summed E-state index contributed by atoms with van der Waals surface area (Å²) in [5.41, 5.74) is 1.20. The Hall–Kier alpha value is -2.67. The predicted octanol–water partition coefficient (Wildman–Crippen LogP) is 2.99. The van der Waals surface area contributed by atoms with Crippen LogP contribution in [0.15, 0.2) is 41.8 Å². The Morgan fingerprint density at radius 1 is 1.27 bits per heavy atom. The maximum Gasteiger partial charge on any atom is 0.306 e. The van der Waals surface area contributed by atoms with Gasteiger partial charge in [0.05, 0.1) is 17.8 Å². The van der Waals surface area contributed by atoms with Gasteiger partial charge in [-0.2, -0.15) is 0 Å². The number of rotatable bonds is 5. The summed E-state index contributed by atoms with van der Waals surface area (Å²) in [5, 5.41) is 4.76. The number of hydrogen-bond acceptors (Lipinski definition) is 5. The number of esters is 1. The Morgan fingerprint density at radius 3 is 2.85 bits per heavy atom. The molecule has 0 spiro atoms. The van der Waals surface area contributed by atoms with Crippen LogP contribution < -0.4 is 10.2 Å². The van der Waals surface area contributed by atoms with E-state index in [0.29, 0.717) is 17.8 Å². The van der Waals surface area contributed by atoms with E-state index in [4.69, 9.17) is 4.74 Å². The van der Waals surface area contributed by atoms with Crippen LogP contribution in [-0.2, 0) is 25.5 Å². The zero-order chi connectivity index (χ0) is 18.5. The number of ether oxygens (including phenoxy) is 1. The molecule has 6 nitrogen and oxygen atoms in total. The largest absolute Gasteiger partial charge is 0.456 e. The molecule has 1 aromatic carbocycles. The molecule has 1 aliphatic heterocycles. The van der Waals surface area contributed by atoms with Crippen molar-refractivity contribution in [2.45, 2.75) is 32.2 Å². The van der Waals surface area contributed by atoms with Crippen molar-refractivity contribution >= 4 is 40.5 Å². The number of carbonyl (C=O) groups is 3. The van der Waals surface area contributed by atoms with E-state index in [9.17, 15) is 14.4 Å². The van der Waals surface area contributed by atoms with Crippen LogP contribution >= 0.6 is 11.3 Å². The third-order valence-electron chi connectivity index (χ3n) is 4.14. The number of aryl methyl sites for hydroxylation is 1. The van der Waals surface area contributed by atoms with E-state index in [2.05, 4.69) is 5.32 Å². The van der Waals surface area contributed by atoms with E-state index in [1.807, 2.05) is 17.5 Å². The number of benzene rings is 1. The molecule has 0 aliphatic carbocycles. The highest BCUT2D eigenvalue weighted by molar-refractivity contribution is 7.09. The van der Waals surface area contributed by atoms with Gasteiger partial charge in [-0.25, -0.2) is 0 Å². The molecule has 0 saturated heterocycles. The van der Waals surface area contributed by atoms with Crippen LogP contribution in [0.2, 0.25) is 0 Å². The molecule has 1 N–H and O–H groups in total. The molecule has 26 heavy (non-hydrogen) atoms. The lowest BCUT2D eigenvalue weighted by atomic mass is 10.1. The first-order valence-corrected chi connectivity index (χ1v) is 9.31. The van der Waals surface area contributed by atoms with Crippen molar-refractivity contribution in [3.8, 4) is 0 Å². The number of amides is 2. The number of carbonyl (C=O) groups excluding carboxylic acids is 3. The second-order valence-electron chi connectivity index (χ2n) is 6.12. The van der Waals surface area contributed by atoms with E-state index in [1.165, 1.54) is 4.90 Å². The van der Waals surface area contributed by atoms with Gasteiger partial charge in [-0.3, -0.25) is 14.4 Å². The standard InChI is InChI=1S/C19H20N2O4S/c1-13-11-17(22)20-15-6-2-3-7-16(15)21(13)18(23)12-25-19(24)9-8-14-5-4-10-26-14/h2-7,10,13H,8-9,11-12H2,1H3,(H,20,22)/t13-/m0/s1. The van der Waals surface area contributed by atoms with Crippen LogP contribution in [0, 0.1) is 0 Å². The number of para-hydroxylation sites is 2. The maximum atomic E-state index is 12.7. The first kappa shape index (κ1) is 18.1. The average Bonchev–Trinajstić information content (AvgIpc) is 3.09. The lowest BCUT2D eigenvalue weighted by molar-refractivity contribution is -0.147. The monoisotopic (exact) mass is 372 g/mol. The van der Waals surface area contributed by atoms with Crippen molar-refractivity contribution in [1.82, 2.24) is 0 Å². The van der Waals surface area contributed by atoms with Gasteiger partial charge in [0.25, 0.3) is 5.91 Å². The average molecular weight is 372 g/mol. The molecule has 2 amide bonds. The normalized spacial score (nSPS) is 16.4. The zero-order valence-corrected chi connectivity index (χ0v) is 15.3. The minimum atomic E-state index is -0.406. The number of thiophene rings is 1. The molecule has 1 atom stereocenters. The van der Waals surface area contributed by atoms with Crippen molar-refractivity contribution in [2.75, 3.05) is 16.8 Å². The predicted molar refractivity (Wildman–Crippen MR) is 100 cm³/mol. The van der Waals surface area contributed by atoms with Gasteiger partial charge in [0.1, 0.15) is 0 Å². The number of fused-ring (bicyclic) bond motifs is 1. The Bertz CT molecular complexity index is 804. The smallest absolute Gasteiger partial charge is 0.306 e. The SMILES string of the molecule is C[C@H]1CC(=O)Nc2ccccc2N1C(=O)COC(=O)CCc1cccs1. The van der Waals surface area contributed by atoms with Crippen LogP contribution in [0.1, 0.15) is 24.6 Å². The molecule has 0 radical (unpaired) electrons. The van der Waals surface area contributed by atoms with Crippen molar-refractivity contribution in [1.29, 1.82) is 0 Å². The third kappa shape index (κ3) is 4.29. The Labute approximate surface area is 155 Å². The van der Waals surface area contributed by atoms with Crippen LogP contribution in [0.5, 0.6) is 0 Å². The number of nitrogens with zero attached hydrogens (tertiary/aromatic N) is 1. The first-order chi connectivity index (χ1) is 12.5. The lowest BCUT2D eigenvalue weighted by Crippen LogP contribution is -2.41. The number of hydrogen-bond donors (Lipinski definition) is 1. The fraction of sp³-hybridized carbons (Fsp3) is 0.316. The summed E-state index contributed by atoms with van der Waals surface area (Å²) in [4.78, 5) is 39.2. The van der Waals surface area contributed by atoms with Gasteiger partial charge in [-0.15, -0.1) is 11.3 Å². The Morgan fingerprint density at radius 2 is 2.08 bits per heavy atom. The molecule has 3 rings (SSSR count). The Kier molecular flexibility index (Phi) is 5.68. The quantitative estimate of drug-likeness (QED) is 0.819. The van der Waals surface area contributed by atoms with E-state index in [1.54, 1.807) is 42.5 Å². The summed E-state index contributed by atoms with van der Waals surface area (Å²) in [6.07, 6.45) is 1.03. The fourth-order valence-corrected chi connectivity index (χ4v) is 3.64. The molecule has 0 saturated carbocycles. The fourth-order valence-electron chi connectivity index (χ4n) is 2.93. The molecule has 2 aromatic rings. The molecule has 2 heterocycles. The van der Waals surface area contributed by atoms with Crippen LogP contribution in [0.3, 0.4) is 0 Å². The summed E-state index contributed by atoms with van der Waals surface area (Å²) in [5.74, 6) is -0.893. The molecule has 7 heteroatoms. The minimum absolute atomic E-state index is 0.145. The highest BCUT2D eigenvalue weighted by Crippen LogP contribution is 2.31. The van der Waals surface area contributed by atoms with Crippen molar-refractivity contribution < 1.29 is 19.1 Å². The summed E-state index contributed by atoms with van der Waals surface area (Å²) in [6, 6.07) is 10.7. The zero-order valence-electron chi connectivity index (χ0n) is 14.4. The number of nitrogens with one attached hydrogen (secondary N) is 1. The van der Waals surface area contributed by atoms with Crippen LogP contribution in [0.4, 0.5) is 11.4 Å². The van der Waals surface area contributed by atoms with Crippen LogP contribution in [-0.4, -0.2) is 30.4 Å². The van der Waals surface area contributed by atoms with E-state index >= 15 is 0 Å². The molecular formula is C19H20N2O4S. The minimum Gasteiger partial charge on any atom is -0.456 e. The van der Waals surface area contributed by atoms with E-state index in [0.717, 1.165) is 4.88 Å². The van der Waals surface area contributed by atoms with Gasteiger partial charge in [-0.05, 0) is 36.9 Å². The first-order valence-electron chi connectivity index (χ1n) is 8.43. The van der Waals surface area contributed by atoms with Gasteiger partial charge < -0.3 is 15.0 Å². The summed E-state index contributed by atoms with van der Waals surface area (Å²) >= 11 is 1.59. The summed E-state index contributed by atoms with van der Waals surface area (Å²) in [7, 11) is 0. The lowest BCUT2D eigenvalue weighted by Gasteiger charge is -2.27. The molecule has 136 valence electrons. The van der Waals surface area contributed by atoms with Gasteiger partial charge in [-0.1, -0.05) is 18.2 Å². The van der Waals surface area contributed by atoms with Gasteiger partial charge in [0.2, 0.25) is 5.91 Å². The highest BCUT2D eigenvalue weighted by atomic mass is 32.1. The van der Waals surface area contributed by atoms with Crippen LogP contribution in [0.25, 0.3) is 0 Å². The Balaban J connectivity index is 1.63. The van der Waals surface area contributed by atoms with Gasteiger partial charge >= 0.3 is 5.97 Å². The molecular weight excluding hydrogens is 352 g/mol. The van der Waals surface area contributed by atoms with Crippen molar-refractivity contribution in [3.05, 3.63) is 46.7 Å². The molecule has 1 aliphatic rings. The molecule has 0 bridgehead atoms. The second kappa shape index (κ2) is 8.14. The van der Waals surface area contributed by atoms with Gasteiger partial charge in [0.15, 0.2) is 6.61 Å². The molecule has 1 aromatic heterocycles. The van der Waals surface area contributed by atoms with Gasteiger partial charge in [0, 0.05) is 17.3 Å². The summed E-state index contributed by atoms with van der Waals surface area (Å²) in [6.45, 7) is 1.47.